The first-order valence-electron chi connectivity index (χ1n) is 6.12. The Kier molecular flexibility index (Phi) is 4.58. The molecule has 0 spiro atoms. The van der Waals surface area contributed by atoms with Crippen molar-refractivity contribution in [1.82, 2.24) is 14.8 Å². The molecule has 0 aliphatic rings. The van der Waals surface area contributed by atoms with Crippen LogP contribution in [-0.4, -0.2) is 14.8 Å². The van der Waals surface area contributed by atoms with E-state index in [1.807, 2.05) is 13.0 Å². The first-order chi connectivity index (χ1) is 9.65. The second-order valence-electron chi connectivity index (χ2n) is 4.17. The summed E-state index contributed by atoms with van der Waals surface area (Å²) in [5.74, 6) is -0.0496. The highest BCUT2D eigenvalue weighted by molar-refractivity contribution is 7.98. The van der Waals surface area contributed by atoms with E-state index in [9.17, 15) is 9.18 Å². The van der Waals surface area contributed by atoms with Gasteiger partial charge in [-0.2, -0.15) is 5.26 Å². The van der Waals surface area contributed by atoms with E-state index in [0.717, 1.165) is 6.42 Å². The summed E-state index contributed by atoms with van der Waals surface area (Å²) in [6.07, 6.45) is 0.811. The van der Waals surface area contributed by atoms with Gasteiger partial charge in [0.1, 0.15) is 5.82 Å². The van der Waals surface area contributed by atoms with Crippen LogP contribution in [0.3, 0.4) is 0 Å². The number of nitrogens with zero attached hydrogens (tertiary/aromatic N) is 3. The molecule has 2 aromatic rings. The van der Waals surface area contributed by atoms with Gasteiger partial charge in [0.05, 0.1) is 11.6 Å². The zero-order valence-corrected chi connectivity index (χ0v) is 11.7. The zero-order chi connectivity index (χ0) is 14.5. The molecule has 0 bridgehead atoms. The number of hydrogen-bond acceptors (Lipinski definition) is 4. The molecule has 1 aromatic heterocycles. The summed E-state index contributed by atoms with van der Waals surface area (Å²) in [6.45, 7) is 2.53. The number of H-pyrrole nitrogens is 1. The van der Waals surface area contributed by atoms with Crippen LogP contribution in [0.15, 0.2) is 28.2 Å². The highest BCUT2D eigenvalue weighted by atomic mass is 32.2. The molecule has 1 aromatic carbocycles. The molecule has 0 atom stereocenters. The van der Waals surface area contributed by atoms with Gasteiger partial charge in [-0.15, -0.1) is 5.10 Å². The summed E-state index contributed by atoms with van der Waals surface area (Å²) in [6, 6.07) is 6.20. The molecule has 0 radical (unpaired) electrons. The molecule has 5 nitrogen and oxygen atoms in total. The second-order valence-corrected chi connectivity index (χ2v) is 5.11. The summed E-state index contributed by atoms with van der Waals surface area (Å²) < 4.78 is 15.2. The topological polar surface area (TPSA) is 74.5 Å². The van der Waals surface area contributed by atoms with E-state index >= 15 is 0 Å². The molecule has 0 aliphatic heterocycles. The van der Waals surface area contributed by atoms with Crippen molar-refractivity contribution in [2.24, 2.45) is 0 Å². The van der Waals surface area contributed by atoms with Crippen molar-refractivity contribution in [3.8, 4) is 6.07 Å². The lowest BCUT2D eigenvalue weighted by Crippen LogP contribution is -2.17. The van der Waals surface area contributed by atoms with Crippen LogP contribution in [0.5, 0.6) is 0 Å². The van der Waals surface area contributed by atoms with Crippen LogP contribution in [0.4, 0.5) is 4.39 Å². The molecular formula is C13H13FN4OS. The largest absolute Gasteiger partial charge is 0.343 e. The first kappa shape index (κ1) is 14.3. The number of halogens is 1. The lowest BCUT2D eigenvalue weighted by atomic mass is 10.1. The van der Waals surface area contributed by atoms with Gasteiger partial charge in [0.2, 0.25) is 0 Å². The highest BCUT2D eigenvalue weighted by Crippen LogP contribution is 2.22. The number of nitrogens with one attached hydrogen (secondary N) is 1. The molecule has 0 fully saturated rings. The molecule has 1 N–H and O–H groups in total. The molecule has 20 heavy (non-hydrogen) atoms. The van der Waals surface area contributed by atoms with Crippen LogP contribution >= 0.6 is 11.8 Å². The average molecular weight is 292 g/mol. The Hall–Kier alpha value is -2.07. The minimum Gasteiger partial charge on any atom is -0.270 e. The quantitative estimate of drug-likeness (QED) is 0.858. The number of benzene rings is 1. The highest BCUT2D eigenvalue weighted by Gasteiger charge is 2.10. The van der Waals surface area contributed by atoms with Crippen LogP contribution < -0.4 is 5.69 Å². The number of aromatic nitrogens is 3. The van der Waals surface area contributed by atoms with E-state index < -0.39 is 0 Å². The van der Waals surface area contributed by atoms with Crippen molar-refractivity contribution in [1.29, 1.82) is 5.26 Å². The minimum absolute atomic E-state index is 0.263. The Bertz CT molecular complexity index is 701. The van der Waals surface area contributed by atoms with Gasteiger partial charge in [0.25, 0.3) is 0 Å². The normalized spacial score (nSPS) is 10.4. The number of aromatic amines is 1. The number of hydrogen-bond donors (Lipinski definition) is 1. The molecular weight excluding hydrogens is 279 g/mol. The maximum atomic E-state index is 13.6. The summed E-state index contributed by atoms with van der Waals surface area (Å²) in [5, 5.41) is 15.6. The minimum atomic E-state index is -0.364. The molecule has 7 heteroatoms. The SMILES string of the molecule is CCCn1c(SCc2cc(C#N)ccc2F)n[nH]c1=O. The predicted molar refractivity (Wildman–Crippen MR) is 73.8 cm³/mol. The van der Waals surface area contributed by atoms with Gasteiger partial charge in [0.15, 0.2) is 5.16 Å². The zero-order valence-electron chi connectivity index (χ0n) is 10.9. The molecule has 0 saturated heterocycles. The maximum Gasteiger partial charge on any atom is 0.343 e. The monoisotopic (exact) mass is 292 g/mol. The van der Waals surface area contributed by atoms with Gasteiger partial charge >= 0.3 is 5.69 Å². The van der Waals surface area contributed by atoms with E-state index in [1.165, 1.54) is 34.5 Å². The van der Waals surface area contributed by atoms with Crippen LogP contribution in [0.2, 0.25) is 0 Å². The van der Waals surface area contributed by atoms with Gasteiger partial charge in [-0.25, -0.2) is 14.3 Å². The summed E-state index contributed by atoms with van der Waals surface area (Å²) >= 11 is 1.27. The van der Waals surface area contributed by atoms with Gasteiger partial charge < -0.3 is 0 Å². The van der Waals surface area contributed by atoms with Gasteiger partial charge in [-0.1, -0.05) is 18.7 Å². The fraction of sp³-hybridized carbons (Fsp3) is 0.308. The first-order valence-corrected chi connectivity index (χ1v) is 7.10. The smallest absolute Gasteiger partial charge is 0.270 e. The Morgan fingerprint density at radius 3 is 3.05 bits per heavy atom. The fourth-order valence-corrected chi connectivity index (χ4v) is 2.68. The van der Waals surface area contributed by atoms with E-state index in [-0.39, 0.29) is 11.5 Å². The molecule has 0 amide bonds. The van der Waals surface area contributed by atoms with Crippen molar-refractivity contribution in [2.45, 2.75) is 30.8 Å². The van der Waals surface area contributed by atoms with Gasteiger partial charge in [-0.3, -0.25) is 4.57 Å². The fourth-order valence-electron chi connectivity index (χ4n) is 1.73. The van der Waals surface area contributed by atoms with Crippen LogP contribution in [0.1, 0.15) is 24.5 Å². The third-order valence-electron chi connectivity index (χ3n) is 2.70. The van der Waals surface area contributed by atoms with Crippen LogP contribution in [0.25, 0.3) is 0 Å². The summed E-state index contributed by atoms with van der Waals surface area (Å²) in [5.41, 5.74) is 0.572. The summed E-state index contributed by atoms with van der Waals surface area (Å²) in [7, 11) is 0. The Morgan fingerprint density at radius 2 is 2.35 bits per heavy atom. The third-order valence-corrected chi connectivity index (χ3v) is 3.73. The Labute approximate surface area is 119 Å². The lowest BCUT2D eigenvalue weighted by Gasteiger charge is -2.05. The Morgan fingerprint density at radius 1 is 1.55 bits per heavy atom. The maximum absolute atomic E-state index is 13.6. The van der Waals surface area contributed by atoms with Crippen molar-refractivity contribution in [2.75, 3.05) is 0 Å². The van der Waals surface area contributed by atoms with Crippen LogP contribution in [0, 0.1) is 17.1 Å². The van der Waals surface area contributed by atoms with Gasteiger partial charge in [-0.05, 0) is 30.2 Å². The molecule has 0 saturated carbocycles. The average Bonchev–Trinajstić information content (AvgIpc) is 2.80. The number of thioether (sulfide) groups is 1. The van der Waals surface area contributed by atoms with E-state index in [0.29, 0.717) is 28.6 Å². The molecule has 0 unspecified atom stereocenters. The van der Waals surface area contributed by atoms with E-state index in [1.54, 1.807) is 0 Å². The lowest BCUT2D eigenvalue weighted by molar-refractivity contribution is 0.602. The second kappa shape index (κ2) is 6.39. The number of nitriles is 1. The van der Waals surface area contributed by atoms with Gasteiger partial charge in [0, 0.05) is 12.3 Å². The third kappa shape index (κ3) is 3.08. The standard InChI is InChI=1S/C13H13FN4OS/c1-2-5-18-12(19)16-17-13(18)20-8-10-6-9(7-15)3-4-11(10)14/h3-4,6H,2,5,8H2,1H3,(H,16,19). The van der Waals surface area contributed by atoms with E-state index in [2.05, 4.69) is 10.2 Å². The molecule has 104 valence electrons. The predicted octanol–water partition coefficient (Wildman–Crippen LogP) is 2.28. The Balaban J connectivity index is 2.17. The molecule has 1 heterocycles. The summed E-state index contributed by atoms with van der Waals surface area (Å²) in [4.78, 5) is 11.5. The van der Waals surface area contributed by atoms with Crippen molar-refractivity contribution in [3.05, 3.63) is 45.6 Å². The number of rotatable bonds is 5. The van der Waals surface area contributed by atoms with Crippen molar-refractivity contribution < 1.29 is 4.39 Å². The molecule has 2 rings (SSSR count). The van der Waals surface area contributed by atoms with E-state index in [4.69, 9.17) is 5.26 Å². The van der Waals surface area contributed by atoms with Crippen molar-refractivity contribution >= 4 is 11.8 Å². The van der Waals surface area contributed by atoms with Crippen molar-refractivity contribution in [3.63, 3.8) is 0 Å². The molecule has 0 aliphatic carbocycles. The van der Waals surface area contributed by atoms with Crippen LogP contribution in [-0.2, 0) is 12.3 Å².